The topological polar surface area (TPSA) is 111 Å². The second-order valence-corrected chi connectivity index (χ2v) is 10.2. The molecule has 10 nitrogen and oxygen atoms in total. The number of halogens is 1. The van der Waals surface area contributed by atoms with Gasteiger partial charge in [-0.1, -0.05) is 23.7 Å². The molecule has 0 bridgehead atoms. The summed E-state index contributed by atoms with van der Waals surface area (Å²) < 4.78 is 8.76. The number of aliphatic hydroxyl groups is 1. The third-order valence-electron chi connectivity index (χ3n) is 6.96. The fourth-order valence-corrected chi connectivity index (χ4v) is 4.93. The van der Waals surface area contributed by atoms with Crippen molar-refractivity contribution in [3.05, 3.63) is 100 Å². The van der Waals surface area contributed by atoms with E-state index in [0.29, 0.717) is 53.7 Å². The first-order valence-corrected chi connectivity index (χ1v) is 13.0. The van der Waals surface area contributed by atoms with Crippen LogP contribution in [0.2, 0.25) is 5.02 Å². The van der Waals surface area contributed by atoms with E-state index in [1.165, 1.54) is 17.1 Å². The molecule has 0 saturated carbocycles. The van der Waals surface area contributed by atoms with Crippen molar-refractivity contribution in [2.75, 3.05) is 13.1 Å². The highest BCUT2D eigenvalue weighted by molar-refractivity contribution is 6.30. The molecule has 0 atom stereocenters. The molecule has 2 aromatic carbocycles. The van der Waals surface area contributed by atoms with Crippen LogP contribution in [0.15, 0.2) is 84.3 Å². The van der Waals surface area contributed by atoms with Crippen molar-refractivity contribution >= 4 is 22.6 Å². The van der Waals surface area contributed by atoms with Crippen molar-refractivity contribution in [3.8, 4) is 17.4 Å². The van der Waals surface area contributed by atoms with E-state index in [2.05, 4.69) is 25.0 Å². The van der Waals surface area contributed by atoms with Crippen molar-refractivity contribution in [2.24, 2.45) is 0 Å². The summed E-state index contributed by atoms with van der Waals surface area (Å²) in [4.78, 5) is 28.1. The van der Waals surface area contributed by atoms with Gasteiger partial charge in [0, 0.05) is 37.1 Å². The fraction of sp³-hybridized carbons (Fsp3) is 0.250. The average molecular weight is 544 g/mol. The van der Waals surface area contributed by atoms with Gasteiger partial charge >= 0.3 is 6.01 Å². The van der Waals surface area contributed by atoms with Crippen LogP contribution in [0.1, 0.15) is 18.4 Å². The zero-order valence-corrected chi connectivity index (χ0v) is 21.8. The first-order valence-electron chi connectivity index (χ1n) is 12.6. The zero-order chi connectivity index (χ0) is 26.8. The van der Waals surface area contributed by atoms with Gasteiger partial charge in [0.1, 0.15) is 17.5 Å². The molecule has 11 heteroatoms. The maximum atomic E-state index is 13.2. The van der Waals surface area contributed by atoms with Crippen LogP contribution in [0.3, 0.4) is 0 Å². The van der Waals surface area contributed by atoms with Gasteiger partial charge in [0.05, 0.1) is 24.0 Å². The lowest BCUT2D eigenvalue weighted by molar-refractivity contribution is -0.0364. The van der Waals surface area contributed by atoms with Crippen LogP contribution in [-0.2, 0) is 13.1 Å². The molecule has 0 radical (unpaired) electrons. The van der Waals surface area contributed by atoms with Gasteiger partial charge in [-0.15, -0.1) is 0 Å². The molecule has 0 spiro atoms. The van der Waals surface area contributed by atoms with Crippen molar-refractivity contribution in [1.29, 1.82) is 0 Å². The summed E-state index contributed by atoms with van der Waals surface area (Å²) in [6, 6.07) is 17.0. The van der Waals surface area contributed by atoms with E-state index in [-0.39, 0.29) is 12.1 Å². The van der Waals surface area contributed by atoms with E-state index in [1.54, 1.807) is 35.3 Å². The Balaban J connectivity index is 1.08. The van der Waals surface area contributed by atoms with E-state index in [0.717, 1.165) is 17.8 Å². The normalized spacial score (nSPS) is 15.4. The standard InChI is InChI=1S/C28H26ClN7O3/c29-21-4-6-22(7-5-21)36-25-24(16-33-36)26(37)35(19-32-25)18-28(38)10-14-34(15-11-28)17-20-2-8-23(9-3-20)39-27-30-12-1-13-31-27/h1-9,12-13,16,19,38H,10-11,14-15,17-18H2. The van der Waals surface area contributed by atoms with Crippen LogP contribution in [0.25, 0.3) is 16.7 Å². The highest BCUT2D eigenvalue weighted by Gasteiger charge is 2.33. The Morgan fingerprint density at radius 1 is 0.974 bits per heavy atom. The van der Waals surface area contributed by atoms with Gasteiger partial charge in [-0.05, 0) is 60.9 Å². The summed E-state index contributed by atoms with van der Waals surface area (Å²) in [5.74, 6) is 0.674. The summed E-state index contributed by atoms with van der Waals surface area (Å²) >= 11 is 5.99. The molecule has 0 unspecified atom stereocenters. The Labute approximate surface area is 229 Å². The van der Waals surface area contributed by atoms with Crippen LogP contribution in [0.5, 0.6) is 11.8 Å². The third-order valence-corrected chi connectivity index (χ3v) is 7.21. The molecule has 1 saturated heterocycles. The van der Waals surface area contributed by atoms with Crippen molar-refractivity contribution in [3.63, 3.8) is 0 Å². The number of ether oxygens (including phenoxy) is 1. The Morgan fingerprint density at radius 3 is 2.41 bits per heavy atom. The van der Waals surface area contributed by atoms with Gasteiger partial charge in [0.15, 0.2) is 5.65 Å². The highest BCUT2D eigenvalue weighted by atomic mass is 35.5. The maximum Gasteiger partial charge on any atom is 0.321 e. The lowest BCUT2D eigenvalue weighted by Crippen LogP contribution is -2.47. The smallest absolute Gasteiger partial charge is 0.321 e. The van der Waals surface area contributed by atoms with Gasteiger partial charge in [-0.2, -0.15) is 5.10 Å². The van der Waals surface area contributed by atoms with Crippen molar-refractivity contribution in [2.45, 2.75) is 31.5 Å². The van der Waals surface area contributed by atoms with Crippen LogP contribution in [0, 0.1) is 0 Å². The molecule has 198 valence electrons. The number of fused-ring (bicyclic) bond motifs is 1. The molecule has 1 aliphatic rings. The highest BCUT2D eigenvalue weighted by Crippen LogP contribution is 2.26. The quantitative estimate of drug-likeness (QED) is 0.329. The van der Waals surface area contributed by atoms with Gasteiger partial charge < -0.3 is 9.84 Å². The van der Waals surface area contributed by atoms with Crippen LogP contribution < -0.4 is 10.3 Å². The monoisotopic (exact) mass is 543 g/mol. The lowest BCUT2D eigenvalue weighted by Gasteiger charge is -2.38. The minimum absolute atomic E-state index is 0.183. The number of nitrogens with zero attached hydrogens (tertiary/aromatic N) is 7. The van der Waals surface area contributed by atoms with Crippen LogP contribution in [-0.4, -0.2) is 58.0 Å². The average Bonchev–Trinajstić information content (AvgIpc) is 3.39. The van der Waals surface area contributed by atoms with E-state index in [4.69, 9.17) is 16.3 Å². The number of benzene rings is 2. The molecule has 1 N–H and O–H groups in total. The Hall–Kier alpha value is -4.12. The number of likely N-dealkylation sites (tertiary alicyclic amines) is 1. The van der Waals surface area contributed by atoms with Gasteiger partial charge in [-0.3, -0.25) is 14.3 Å². The van der Waals surface area contributed by atoms with E-state index < -0.39 is 5.60 Å². The number of hydrogen-bond acceptors (Lipinski definition) is 8. The number of rotatable bonds is 7. The second-order valence-electron chi connectivity index (χ2n) is 9.73. The van der Waals surface area contributed by atoms with Gasteiger partial charge in [-0.25, -0.2) is 19.6 Å². The van der Waals surface area contributed by atoms with Gasteiger partial charge in [0.2, 0.25) is 0 Å². The molecule has 0 amide bonds. The Bertz CT molecular complexity index is 1630. The summed E-state index contributed by atoms with van der Waals surface area (Å²) in [5, 5.41) is 16.7. The van der Waals surface area contributed by atoms with Crippen LogP contribution >= 0.6 is 11.6 Å². The molecule has 1 aliphatic heterocycles. The summed E-state index contributed by atoms with van der Waals surface area (Å²) in [6.45, 7) is 2.37. The maximum absolute atomic E-state index is 13.2. The first-order chi connectivity index (χ1) is 19.0. The van der Waals surface area contributed by atoms with Gasteiger partial charge in [0.25, 0.3) is 5.56 Å². The van der Waals surface area contributed by atoms with E-state index in [9.17, 15) is 9.90 Å². The summed E-state index contributed by atoms with van der Waals surface area (Å²) in [6.07, 6.45) is 7.38. The minimum atomic E-state index is -0.991. The largest absolute Gasteiger partial charge is 0.424 e. The third kappa shape index (κ3) is 5.53. The molecular formula is C28H26ClN7O3. The molecule has 1 fully saturated rings. The van der Waals surface area contributed by atoms with Crippen molar-refractivity contribution < 1.29 is 9.84 Å². The number of piperidine rings is 1. The van der Waals surface area contributed by atoms with Crippen molar-refractivity contribution in [1.82, 2.24) is 34.2 Å². The lowest BCUT2D eigenvalue weighted by atomic mass is 9.91. The molecular weight excluding hydrogens is 518 g/mol. The fourth-order valence-electron chi connectivity index (χ4n) is 4.80. The summed E-state index contributed by atoms with van der Waals surface area (Å²) in [7, 11) is 0. The van der Waals surface area contributed by atoms with Crippen LogP contribution in [0.4, 0.5) is 0 Å². The Morgan fingerprint density at radius 2 is 1.69 bits per heavy atom. The Kier molecular flexibility index (Phi) is 6.82. The molecule has 5 aromatic rings. The molecule has 3 aromatic heterocycles. The predicted molar refractivity (Wildman–Crippen MR) is 146 cm³/mol. The number of hydrogen-bond donors (Lipinski definition) is 1. The summed E-state index contributed by atoms with van der Waals surface area (Å²) in [5.41, 5.74) is 1.16. The molecule has 0 aliphatic carbocycles. The van der Waals surface area contributed by atoms with E-state index >= 15 is 0 Å². The minimum Gasteiger partial charge on any atom is -0.424 e. The predicted octanol–water partition coefficient (Wildman–Crippen LogP) is 3.85. The molecule has 39 heavy (non-hydrogen) atoms. The zero-order valence-electron chi connectivity index (χ0n) is 21.0. The molecule has 4 heterocycles. The second kappa shape index (κ2) is 10.6. The SMILES string of the molecule is O=c1c2cnn(-c3ccc(Cl)cc3)c2ncn1CC1(O)CCN(Cc2ccc(Oc3ncccn3)cc2)CC1. The first kappa shape index (κ1) is 25.2. The number of aromatic nitrogens is 6. The van der Waals surface area contributed by atoms with E-state index in [1.807, 2.05) is 36.4 Å². The molecule has 6 rings (SSSR count).